The number of hydrogen-bond donors (Lipinski definition) is 1. The Morgan fingerprint density at radius 3 is 2.24 bits per heavy atom. The van der Waals surface area contributed by atoms with E-state index in [-0.39, 0.29) is 6.04 Å². The van der Waals surface area contributed by atoms with E-state index in [1.54, 1.807) is 0 Å². The Bertz CT molecular complexity index is 519. The number of benzene rings is 2. The molecule has 2 nitrogen and oxygen atoms in total. The van der Waals surface area contributed by atoms with Gasteiger partial charge in [0.25, 0.3) is 0 Å². The molecule has 1 atom stereocenters. The first-order valence-corrected chi connectivity index (χ1v) is 7.67. The minimum absolute atomic E-state index is 0.138. The van der Waals surface area contributed by atoms with Crippen molar-refractivity contribution in [1.82, 2.24) is 0 Å². The van der Waals surface area contributed by atoms with Crippen LogP contribution in [0.3, 0.4) is 0 Å². The molecule has 2 rings (SSSR count). The lowest BCUT2D eigenvalue weighted by molar-refractivity contribution is 0.297. The second kappa shape index (κ2) is 7.84. The maximum Gasteiger partial charge on any atom is 0.119 e. The molecule has 0 saturated heterocycles. The first-order valence-electron chi connectivity index (χ1n) is 7.67. The van der Waals surface area contributed by atoms with Crippen molar-refractivity contribution < 1.29 is 4.74 Å². The first kappa shape index (κ1) is 15.6. The molecule has 112 valence electrons. The summed E-state index contributed by atoms with van der Waals surface area (Å²) in [6, 6.07) is 18.8. The quantitative estimate of drug-likeness (QED) is 0.828. The maximum atomic E-state index is 6.19. The summed E-state index contributed by atoms with van der Waals surface area (Å²) in [7, 11) is 0. The van der Waals surface area contributed by atoms with Crippen molar-refractivity contribution in [3.63, 3.8) is 0 Å². The van der Waals surface area contributed by atoms with E-state index in [0.29, 0.717) is 12.5 Å². The number of nitrogens with two attached hydrogens (primary N) is 1. The van der Waals surface area contributed by atoms with E-state index in [9.17, 15) is 0 Å². The molecule has 0 amide bonds. The van der Waals surface area contributed by atoms with Crippen LogP contribution in [-0.4, -0.2) is 12.6 Å². The molecule has 2 heteroatoms. The SMILES string of the molecule is CC(C)c1ccc(CC(N)CCOc2ccccc2)cc1. The highest BCUT2D eigenvalue weighted by molar-refractivity contribution is 5.25. The average Bonchev–Trinajstić information content (AvgIpc) is 2.49. The second-order valence-electron chi connectivity index (χ2n) is 5.81. The zero-order valence-corrected chi connectivity index (χ0v) is 13.0. The van der Waals surface area contributed by atoms with Gasteiger partial charge >= 0.3 is 0 Å². The molecule has 0 radical (unpaired) electrons. The maximum absolute atomic E-state index is 6.19. The first-order chi connectivity index (χ1) is 10.1. The van der Waals surface area contributed by atoms with Gasteiger partial charge in [0, 0.05) is 6.04 Å². The summed E-state index contributed by atoms with van der Waals surface area (Å²) in [5, 5.41) is 0. The van der Waals surface area contributed by atoms with Crippen LogP contribution in [0.2, 0.25) is 0 Å². The highest BCUT2D eigenvalue weighted by Crippen LogP contribution is 2.16. The Morgan fingerprint density at radius 2 is 1.62 bits per heavy atom. The minimum Gasteiger partial charge on any atom is -0.494 e. The number of ether oxygens (including phenoxy) is 1. The van der Waals surface area contributed by atoms with Crippen molar-refractivity contribution in [2.45, 2.75) is 38.6 Å². The van der Waals surface area contributed by atoms with Gasteiger partial charge in [-0.2, -0.15) is 0 Å². The molecule has 0 aromatic heterocycles. The lowest BCUT2D eigenvalue weighted by Crippen LogP contribution is -2.25. The van der Waals surface area contributed by atoms with Crippen molar-refractivity contribution in [2.75, 3.05) is 6.61 Å². The summed E-state index contributed by atoms with van der Waals surface area (Å²) in [6.07, 6.45) is 1.76. The third-order valence-electron chi connectivity index (χ3n) is 3.64. The zero-order valence-electron chi connectivity index (χ0n) is 13.0. The third kappa shape index (κ3) is 5.24. The highest BCUT2D eigenvalue weighted by Gasteiger charge is 2.06. The van der Waals surface area contributed by atoms with Crippen LogP contribution in [0.15, 0.2) is 54.6 Å². The molecular formula is C19H25NO. The predicted molar refractivity (Wildman–Crippen MR) is 88.8 cm³/mol. The van der Waals surface area contributed by atoms with Gasteiger partial charge in [-0.25, -0.2) is 0 Å². The molecule has 2 N–H and O–H groups in total. The van der Waals surface area contributed by atoms with Gasteiger partial charge in [0.05, 0.1) is 6.61 Å². The minimum atomic E-state index is 0.138. The molecule has 2 aromatic carbocycles. The Hall–Kier alpha value is -1.80. The van der Waals surface area contributed by atoms with Crippen LogP contribution < -0.4 is 10.5 Å². The van der Waals surface area contributed by atoms with Gasteiger partial charge in [-0.3, -0.25) is 0 Å². The van der Waals surface area contributed by atoms with Crippen LogP contribution >= 0.6 is 0 Å². The molecule has 0 aliphatic rings. The van der Waals surface area contributed by atoms with Crippen molar-refractivity contribution in [3.05, 3.63) is 65.7 Å². The molecule has 0 aliphatic carbocycles. The van der Waals surface area contributed by atoms with E-state index < -0.39 is 0 Å². The van der Waals surface area contributed by atoms with Gasteiger partial charge < -0.3 is 10.5 Å². The Labute approximate surface area is 127 Å². The standard InChI is InChI=1S/C19H25NO/c1-15(2)17-10-8-16(9-11-17)14-18(20)12-13-21-19-6-4-3-5-7-19/h3-11,15,18H,12-14,20H2,1-2H3. The van der Waals surface area contributed by atoms with Gasteiger partial charge in [-0.05, 0) is 42.0 Å². The molecule has 2 aromatic rings. The van der Waals surface area contributed by atoms with Crippen LogP contribution in [0.5, 0.6) is 5.75 Å². The Balaban J connectivity index is 1.75. The molecule has 21 heavy (non-hydrogen) atoms. The van der Waals surface area contributed by atoms with Gasteiger partial charge in [0.1, 0.15) is 5.75 Å². The van der Waals surface area contributed by atoms with Crippen LogP contribution in [-0.2, 0) is 6.42 Å². The van der Waals surface area contributed by atoms with E-state index in [1.807, 2.05) is 30.3 Å². The Morgan fingerprint density at radius 1 is 0.952 bits per heavy atom. The molecule has 0 saturated carbocycles. The lowest BCUT2D eigenvalue weighted by Gasteiger charge is -2.13. The van der Waals surface area contributed by atoms with Crippen LogP contribution in [0.25, 0.3) is 0 Å². The van der Waals surface area contributed by atoms with E-state index >= 15 is 0 Å². The van der Waals surface area contributed by atoms with Crippen molar-refractivity contribution in [1.29, 1.82) is 0 Å². The van der Waals surface area contributed by atoms with Gasteiger partial charge in [0.2, 0.25) is 0 Å². The van der Waals surface area contributed by atoms with Crippen LogP contribution in [0.4, 0.5) is 0 Å². The van der Waals surface area contributed by atoms with Gasteiger partial charge in [-0.1, -0.05) is 56.3 Å². The number of para-hydroxylation sites is 1. The summed E-state index contributed by atoms with van der Waals surface area (Å²) >= 11 is 0. The fraction of sp³-hybridized carbons (Fsp3) is 0.368. The Kier molecular flexibility index (Phi) is 5.82. The fourth-order valence-corrected chi connectivity index (χ4v) is 2.29. The molecule has 0 bridgehead atoms. The van der Waals surface area contributed by atoms with Crippen molar-refractivity contribution >= 4 is 0 Å². The van der Waals surface area contributed by atoms with Crippen LogP contribution in [0, 0.1) is 0 Å². The van der Waals surface area contributed by atoms with Crippen molar-refractivity contribution in [3.8, 4) is 5.75 Å². The topological polar surface area (TPSA) is 35.2 Å². The molecular weight excluding hydrogens is 258 g/mol. The van der Waals surface area contributed by atoms with Gasteiger partial charge in [0.15, 0.2) is 0 Å². The zero-order chi connectivity index (χ0) is 15.1. The monoisotopic (exact) mass is 283 g/mol. The number of hydrogen-bond acceptors (Lipinski definition) is 2. The summed E-state index contributed by atoms with van der Waals surface area (Å²) in [6.45, 7) is 5.08. The summed E-state index contributed by atoms with van der Waals surface area (Å²) in [5.74, 6) is 1.48. The third-order valence-corrected chi connectivity index (χ3v) is 3.64. The normalized spacial score (nSPS) is 12.4. The largest absolute Gasteiger partial charge is 0.494 e. The van der Waals surface area contributed by atoms with E-state index in [1.165, 1.54) is 11.1 Å². The second-order valence-corrected chi connectivity index (χ2v) is 5.81. The van der Waals surface area contributed by atoms with Crippen LogP contribution in [0.1, 0.15) is 37.3 Å². The predicted octanol–water partition coefficient (Wildman–Crippen LogP) is 4.15. The summed E-state index contributed by atoms with van der Waals surface area (Å²) in [5.41, 5.74) is 8.86. The van der Waals surface area contributed by atoms with Crippen molar-refractivity contribution in [2.24, 2.45) is 5.73 Å². The molecule has 0 heterocycles. The van der Waals surface area contributed by atoms with E-state index in [4.69, 9.17) is 10.5 Å². The van der Waals surface area contributed by atoms with Gasteiger partial charge in [-0.15, -0.1) is 0 Å². The molecule has 0 aliphatic heterocycles. The molecule has 0 spiro atoms. The highest BCUT2D eigenvalue weighted by atomic mass is 16.5. The van der Waals surface area contributed by atoms with E-state index in [0.717, 1.165) is 18.6 Å². The molecule has 1 unspecified atom stereocenters. The van der Waals surface area contributed by atoms with E-state index in [2.05, 4.69) is 38.1 Å². The molecule has 0 fully saturated rings. The average molecular weight is 283 g/mol. The fourth-order valence-electron chi connectivity index (χ4n) is 2.29. The summed E-state index contributed by atoms with van der Waals surface area (Å²) in [4.78, 5) is 0. The number of rotatable bonds is 7. The smallest absolute Gasteiger partial charge is 0.119 e. The summed E-state index contributed by atoms with van der Waals surface area (Å²) < 4.78 is 5.68. The lowest BCUT2D eigenvalue weighted by atomic mass is 9.98.